The molecular weight excluding hydrogens is 458 g/mol. The number of benzene rings is 1. The second-order valence-electron chi connectivity index (χ2n) is 8.99. The summed E-state index contributed by atoms with van der Waals surface area (Å²) in [6.07, 6.45) is 5.22. The summed E-state index contributed by atoms with van der Waals surface area (Å²) < 4.78 is 2.24. The maximum Gasteiger partial charge on any atom is 0.274 e. The van der Waals surface area contributed by atoms with Crippen LogP contribution in [0.5, 0.6) is 0 Å². The summed E-state index contributed by atoms with van der Waals surface area (Å²) in [5, 5.41) is 23.4. The average Bonchev–Trinajstić information content (AvgIpc) is 3.60. The maximum absolute atomic E-state index is 11.6. The summed E-state index contributed by atoms with van der Waals surface area (Å²) >= 11 is 3.08. The molecule has 4 unspecified atom stereocenters. The number of primary amides is 1. The number of hydrogen-bond donors (Lipinski definition) is 1. The summed E-state index contributed by atoms with van der Waals surface area (Å²) in [6.45, 7) is 2.26. The third kappa shape index (κ3) is 4.17. The van der Waals surface area contributed by atoms with Gasteiger partial charge in [0.2, 0.25) is 5.91 Å². The number of amides is 1. The van der Waals surface area contributed by atoms with Gasteiger partial charge in [0.15, 0.2) is 11.0 Å². The van der Waals surface area contributed by atoms with Crippen molar-refractivity contribution in [2.45, 2.75) is 49.6 Å². The number of fused-ring (bicyclic) bond motifs is 2. The summed E-state index contributed by atoms with van der Waals surface area (Å²) in [5.74, 6) is 2.72. The Kier molecular flexibility index (Phi) is 5.96. The van der Waals surface area contributed by atoms with Crippen LogP contribution in [0.2, 0.25) is 0 Å². The number of aromatic nitrogens is 3. The van der Waals surface area contributed by atoms with Gasteiger partial charge in [-0.05, 0) is 61.5 Å². The summed E-state index contributed by atoms with van der Waals surface area (Å²) in [6, 6.07) is 8.70. The Hall–Kier alpha value is -2.72. The molecule has 1 amide bonds. The van der Waals surface area contributed by atoms with E-state index in [9.17, 15) is 14.9 Å². The normalized spacial score (nSPS) is 22.5. The Morgan fingerprint density at radius 1 is 1.33 bits per heavy atom. The molecule has 1 aromatic carbocycles. The van der Waals surface area contributed by atoms with Gasteiger partial charge in [-0.1, -0.05) is 30.3 Å². The van der Waals surface area contributed by atoms with E-state index in [-0.39, 0.29) is 17.3 Å². The Labute approximate surface area is 199 Å². The lowest BCUT2D eigenvalue weighted by molar-refractivity contribution is -0.385. The minimum absolute atomic E-state index is 0.107. The van der Waals surface area contributed by atoms with E-state index >= 15 is 0 Å². The van der Waals surface area contributed by atoms with Crippen molar-refractivity contribution < 1.29 is 9.72 Å². The van der Waals surface area contributed by atoms with Crippen molar-refractivity contribution >= 4 is 34.7 Å². The Bertz CT molecular complexity index is 1190. The molecule has 2 bridgehead atoms. The number of thioether (sulfide) groups is 1. The summed E-state index contributed by atoms with van der Waals surface area (Å²) in [7, 11) is 0. The first-order chi connectivity index (χ1) is 15.9. The van der Waals surface area contributed by atoms with Crippen molar-refractivity contribution in [3.05, 3.63) is 57.0 Å². The molecule has 2 aromatic heterocycles. The van der Waals surface area contributed by atoms with Crippen LogP contribution in [0.3, 0.4) is 0 Å². The van der Waals surface area contributed by atoms with E-state index in [1.54, 1.807) is 17.4 Å². The van der Waals surface area contributed by atoms with E-state index < -0.39 is 10.8 Å². The van der Waals surface area contributed by atoms with Gasteiger partial charge in [-0.2, -0.15) is 0 Å². The van der Waals surface area contributed by atoms with Gasteiger partial charge in [-0.3, -0.25) is 19.5 Å². The first-order valence-corrected chi connectivity index (χ1v) is 13.0. The van der Waals surface area contributed by atoms with Crippen LogP contribution >= 0.6 is 23.1 Å². The molecule has 0 radical (unpaired) electrons. The molecular formula is C23H25N5O3S2. The van der Waals surface area contributed by atoms with Crippen molar-refractivity contribution in [2.24, 2.45) is 23.5 Å². The fourth-order valence-electron chi connectivity index (χ4n) is 5.54. The lowest BCUT2D eigenvalue weighted by Crippen LogP contribution is -2.23. The molecule has 172 valence electrons. The van der Waals surface area contributed by atoms with Gasteiger partial charge in [-0.15, -0.1) is 21.5 Å². The van der Waals surface area contributed by atoms with E-state index in [1.807, 2.05) is 11.4 Å². The topological polar surface area (TPSA) is 117 Å². The van der Waals surface area contributed by atoms with E-state index in [0.29, 0.717) is 17.2 Å². The highest BCUT2D eigenvalue weighted by Gasteiger charge is 2.43. The predicted octanol–water partition coefficient (Wildman–Crippen LogP) is 5.30. The van der Waals surface area contributed by atoms with E-state index in [4.69, 9.17) is 5.73 Å². The largest absolute Gasteiger partial charge is 0.366 e. The predicted molar refractivity (Wildman–Crippen MR) is 128 cm³/mol. The van der Waals surface area contributed by atoms with E-state index in [2.05, 4.69) is 27.8 Å². The number of nitrogens with zero attached hydrogens (tertiary/aromatic N) is 4. The van der Waals surface area contributed by atoms with Crippen LogP contribution in [0.15, 0.2) is 40.9 Å². The Morgan fingerprint density at radius 3 is 2.82 bits per heavy atom. The minimum atomic E-state index is -0.683. The third-order valence-electron chi connectivity index (χ3n) is 7.15. The quantitative estimate of drug-likeness (QED) is 0.264. The minimum Gasteiger partial charge on any atom is -0.366 e. The number of carbonyl (C=O) groups excluding carboxylic acids is 1. The van der Waals surface area contributed by atoms with Crippen LogP contribution in [-0.4, -0.2) is 25.6 Å². The van der Waals surface area contributed by atoms with Crippen LogP contribution < -0.4 is 5.73 Å². The summed E-state index contributed by atoms with van der Waals surface area (Å²) in [4.78, 5) is 23.7. The zero-order valence-corrected chi connectivity index (χ0v) is 19.8. The molecule has 2 saturated carbocycles. The molecule has 2 fully saturated rings. The smallest absolute Gasteiger partial charge is 0.274 e. The fourth-order valence-corrected chi connectivity index (χ4v) is 7.27. The highest BCUT2D eigenvalue weighted by molar-refractivity contribution is 7.98. The van der Waals surface area contributed by atoms with Crippen molar-refractivity contribution in [1.82, 2.24) is 14.8 Å². The molecule has 0 spiro atoms. The number of rotatable bonds is 8. The number of nitro benzene ring substituents is 1. The van der Waals surface area contributed by atoms with Crippen molar-refractivity contribution in [1.29, 1.82) is 0 Å². The van der Waals surface area contributed by atoms with Crippen LogP contribution in [-0.2, 0) is 5.75 Å². The van der Waals surface area contributed by atoms with Crippen molar-refractivity contribution in [3.8, 4) is 10.7 Å². The number of thiophene rings is 1. The molecule has 5 rings (SSSR count). The molecule has 8 nitrogen and oxygen atoms in total. The highest BCUT2D eigenvalue weighted by Crippen LogP contribution is 2.53. The van der Waals surface area contributed by atoms with Gasteiger partial charge < -0.3 is 5.73 Å². The Morgan fingerprint density at radius 2 is 2.18 bits per heavy atom. The van der Waals surface area contributed by atoms with Crippen LogP contribution in [0, 0.1) is 27.9 Å². The van der Waals surface area contributed by atoms with Crippen LogP contribution in [0.1, 0.15) is 54.6 Å². The second-order valence-corrected chi connectivity index (χ2v) is 10.9. The zero-order valence-electron chi connectivity index (χ0n) is 18.2. The molecule has 2 heterocycles. The van der Waals surface area contributed by atoms with Gasteiger partial charge in [0.1, 0.15) is 0 Å². The van der Waals surface area contributed by atoms with Crippen LogP contribution in [0.4, 0.5) is 5.69 Å². The first kappa shape index (κ1) is 22.1. The lowest BCUT2D eigenvalue weighted by Gasteiger charge is -2.30. The van der Waals surface area contributed by atoms with Crippen molar-refractivity contribution in [2.75, 3.05) is 0 Å². The SMILES string of the molecule is CC(C1CC2CCC1C2)n1c(SCc2ccc(C(N)=O)cc2[N+](=O)[O-])nnc1-c1cccs1. The zero-order chi connectivity index (χ0) is 23.1. The van der Waals surface area contributed by atoms with E-state index in [0.717, 1.165) is 27.7 Å². The molecule has 0 saturated heterocycles. The second kappa shape index (κ2) is 8.90. The van der Waals surface area contributed by atoms with Gasteiger partial charge >= 0.3 is 0 Å². The molecule has 0 aliphatic heterocycles. The number of nitrogens with two attached hydrogens (primary N) is 1. The Balaban J connectivity index is 1.45. The molecule has 3 aromatic rings. The lowest BCUT2D eigenvalue weighted by atomic mass is 9.84. The molecule has 4 atom stereocenters. The number of nitro groups is 1. The maximum atomic E-state index is 11.6. The number of hydrogen-bond acceptors (Lipinski definition) is 7. The van der Waals surface area contributed by atoms with Crippen LogP contribution in [0.25, 0.3) is 10.7 Å². The van der Waals surface area contributed by atoms with Gasteiger partial charge in [0.25, 0.3) is 5.69 Å². The monoisotopic (exact) mass is 483 g/mol. The van der Waals surface area contributed by atoms with Gasteiger partial charge in [-0.25, -0.2) is 0 Å². The first-order valence-electron chi connectivity index (χ1n) is 11.1. The molecule has 10 heteroatoms. The molecule has 2 N–H and O–H groups in total. The fraction of sp³-hybridized carbons (Fsp3) is 0.435. The molecule has 2 aliphatic rings. The third-order valence-corrected chi connectivity index (χ3v) is 9.01. The van der Waals surface area contributed by atoms with E-state index in [1.165, 1.54) is 49.6 Å². The highest BCUT2D eigenvalue weighted by atomic mass is 32.2. The standard InChI is InChI=1S/C23H25N5O3S2/c1-13(18-10-14-4-5-15(18)9-14)27-22(20-3-2-8-32-20)25-26-23(27)33-12-17-7-6-16(21(24)29)11-19(17)28(30)31/h2-3,6-8,11,13-15,18H,4-5,9-10,12H2,1H3,(H2,24,29). The number of carbonyl (C=O) groups is 1. The van der Waals surface area contributed by atoms with Gasteiger partial charge in [0, 0.05) is 29.0 Å². The van der Waals surface area contributed by atoms with Crippen molar-refractivity contribution in [3.63, 3.8) is 0 Å². The summed E-state index contributed by atoms with van der Waals surface area (Å²) in [5.41, 5.74) is 5.84. The molecule has 33 heavy (non-hydrogen) atoms. The van der Waals surface area contributed by atoms with Gasteiger partial charge in [0.05, 0.1) is 9.80 Å². The molecule has 2 aliphatic carbocycles. The average molecular weight is 484 g/mol.